The maximum atomic E-state index is 11.1. The van der Waals surface area contributed by atoms with Gasteiger partial charge in [-0.15, -0.1) is 0 Å². The molecule has 0 aliphatic rings. The van der Waals surface area contributed by atoms with Crippen LogP contribution in [0.2, 0.25) is 0 Å². The summed E-state index contributed by atoms with van der Waals surface area (Å²) in [6.45, 7) is -1.21. The van der Waals surface area contributed by atoms with Crippen molar-refractivity contribution in [2.75, 3.05) is 13.2 Å². The van der Waals surface area contributed by atoms with Crippen LogP contribution in [0.1, 0.15) is 0 Å². The quantitative estimate of drug-likeness (QED) is 0.612. The van der Waals surface area contributed by atoms with E-state index in [9.17, 15) is 19.8 Å². The minimum Gasteiger partial charge on any atom is -0.491 e. The van der Waals surface area contributed by atoms with Crippen molar-refractivity contribution in [3.8, 4) is 5.75 Å². The Morgan fingerprint density at radius 3 is 2.67 bits per heavy atom. The van der Waals surface area contributed by atoms with Gasteiger partial charge in [0, 0.05) is 17.5 Å². The van der Waals surface area contributed by atoms with Gasteiger partial charge in [-0.05, 0) is 18.2 Å². The van der Waals surface area contributed by atoms with E-state index in [0.29, 0.717) is 16.7 Å². The minimum atomic E-state index is -1.71. The Hall–Kier alpha value is -2.22. The van der Waals surface area contributed by atoms with E-state index in [1.54, 1.807) is 18.2 Å². The van der Waals surface area contributed by atoms with E-state index in [1.807, 2.05) is 0 Å². The van der Waals surface area contributed by atoms with Crippen molar-refractivity contribution in [1.29, 1.82) is 0 Å². The highest BCUT2D eigenvalue weighted by atomic mass is 16.5. The molecule has 0 fully saturated rings. The van der Waals surface area contributed by atoms with E-state index in [4.69, 9.17) is 14.3 Å². The number of ether oxygens (including phenoxy) is 1. The molecule has 1 heterocycles. The average molecular weight is 294 g/mol. The molecule has 2 aromatic rings. The van der Waals surface area contributed by atoms with E-state index in [-0.39, 0.29) is 6.61 Å². The van der Waals surface area contributed by atoms with Crippen molar-refractivity contribution >= 4 is 16.8 Å². The molecule has 0 radical (unpaired) electrons. The number of aliphatic hydroxyl groups is 3. The van der Waals surface area contributed by atoms with E-state index in [1.165, 1.54) is 12.1 Å². The van der Waals surface area contributed by atoms with Crippen LogP contribution >= 0.6 is 0 Å². The highest BCUT2D eigenvalue weighted by Gasteiger charge is 2.23. The lowest BCUT2D eigenvalue weighted by atomic mass is 10.1. The molecule has 1 aromatic heterocycles. The summed E-state index contributed by atoms with van der Waals surface area (Å²) in [4.78, 5) is 22.1. The third-order valence-electron chi connectivity index (χ3n) is 2.87. The Morgan fingerprint density at radius 2 is 1.95 bits per heavy atom. The Morgan fingerprint density at radius 1 is 1.24 bits per heavy atom. The number of hydrogen-bond acceptors (Lipinski definition) is 7. The molecule has 3 N–H and O–H groups in total. The summed E-state index contributed by atoms with van der Waals surface area (Å²) in [5.41, 5.74) is -0.176. The highest BCUT2D eigenvalue weighted by molar-refractivity contribution is 5.84. The minimum absolute atomic E-state index is 0.305. The number of hydrogen-bond donors (Lipinski definition) is 3. The molecule has 21 heavy (non-hydrogen) atoms. The van der Waals surface area contributed by atoms with Crippen LogP contribution < -0.4 is 10.4 Å². The molecule has 0 bridgehead atoms. The molecular weight excluding hydrogens is 280 g/mol. The molecule has 1 aromatic carbocycles. The van der Waals surface area contributed by atoms with Crippen LogP contribution in [0.4, 0.5) is 0 Å². The van der Waals surface area contributed by atoms with Gasteiger partial charge in [0.25, 0.3) is 0 Å². The predicted octanol–water partition coefficient (Wildman–Crippen LogP) is -0.545. The third-order valence-corrected chi connectivity index (χ3v) is 2.87. The standard InChI is InChI=1S/C14H14O7/c15-6-10(16)14(19)11(17)7-20-9-3-1-8-2-4-13(18)21-12(8)5-9/h1-5,11,14-15,17,19H,6-7H2/t11-,14-/m1/s1. The smallest absolute Gasteiger partial charge is 0.336 e. The van der Waals surface area contributed by atoms with Crippen LogP contribution in [0.5, 0.6) is 5.75 Å². The zero-order valence-corrected chi connectivity index (χ0v) is 10.9. The lowest BCUT2D eigenvalue weighted by molar-refractivity contribution is -0.136. The molecule has 0 amide bonds. The molecular formula is C14H14O7. The topological polar surface area (TPSA) is 117 Å². The number of benzene rings is 1. The Bertz CT molecular complexity index is 691. The van der Waals surface area contributed by atoms with E-state index >= 15 is 0 Å². The molecule has 7 heteroatoms. The summed E-state index contributed by atoms with van der Waals surface area (Å²) in [7, 11) is 0. The summed E-state index contributed by atoms with van der Waals surface area (Å²) >= 11 is 0. The third kappa shape index (κ3) is 3.66. The fourth-order valence-corrected chi connectivity index (χ4v) is 1.71. The van der Waals surface area contributed by atoms with Crippen molar-refractivity contribution in [1.82, 2.24) is 0 Å². The van der Waals surface area contributed by atoms with Gasteiger partial charge in [0.1, 0.15) is 36.8 Å². The lowest BCUT2D eigenvalue weighted by Crippen LogP contribution is -2.39. The zero-order valence-electron chi connectivity index (χ0n) is 10.9. The van der Waals surface area contributed by atoms with Crippen LogP contribution in [0.15, 0.2) is 39.5 Å². The predicted molar refractivity (Wildman–Crippen MR) is 72.1 cm³/mol. The van der Waals surface area contributed by atoms with E-state index < -0.39 is 30.2 Å². The highest BCUT2D eigenvalue weighted by Crippen LogP contribution is 2.19. The average Bonchev–Trinajstić information content (AvgIpc) is 2.50. The molecule has 0 saturated carbocycles. The van der Waals surface area contributed by atoms with Crippen LogP contribution in [0.25, 0.3) is 11.0 Å². The van der Waals surface area contributed by atoms with Crippen molar-refractivity contribution in [2.24, 2.45) is 0 Å². The van der Waals surface area contributed by atoms with Gasteiger partial charge in [-0.25, -0.2) is 4.79 Å². The fourth-order valence-electron chi connectivity index (χ4n) is 1.71. The van der Waals surface area contributed by atoms with Crippen molar-refractivity contribution in [3.05, 3.63) is 40.8 Å². The Balaban J connectivity index is 2.06. The van der Waals surface area contributed by atoms with Crippen molar-refractivity contribution in [3.63, 3.8) is 0 Å². The maximum Gasteiger partial charge on any atom is 0.336 e. The summed E-state index contributed by atoms with van der Waals surface area (Å²) < 4.78 is 10.2. The van der Waals surface area contributed by atoms with Gasteiger partial charge >= 0.3 is 5.63 Å². The Kier molecular flexibility index (Phi) is 4.69. The van der Waals surface area contributed by atoms with E-state index in [0.717, 1.165) is 0 Å². The normalized spacial score (nSPS) is 13.9. The molecule has 0 aliphatic heterocycles. The molecule has 0 spiro atoms. The van der Waals surface area contributed by atoms with Crippen LogP contribution in [0, 0.1) is 0 Å². The first-order valence-corrected chi connectivity index (χ1v) is 6.17. The lowest BCUT2D eigenvalue weighted by Gasteiger charge is -2.16. The monoisotopic (exact) mass is 294 g/mol. The van der Waals surface area contributed by atoms with Gasteiger partial charge in [-0.3, -0.25) is 4.79 Å². The van der Waals surface area contributed by atoms with Gasteiger partial charge in [0.05, 0.1) is 0 Å². The van der Waals surface area contributed by atoms with Gasteiger partial charge in [-0.2, -0.15) is 0 Å². The van der Waals surface area contributed by atoms with E-state index in [2.05, 4.69) is 0 Å². The number of Topliss-reactive ketones (excluding diaryl/α,β-unsaturated/α-hetero) is 1. The van der Waals surface area contributed by atoms with Crippen LogP contribution in [-0.4, -0.2) is 46.5 Å². The Labute approximate surface area is 119 Å². The number of fused-ring (bicyclic) bond motifs is 1. The number of carbonyl (C=O) groups excluding carboxylic acids is 1. The first-order chi connectivity index (χ1) is 10.0. The molecule has 0 saturated heterocycles. The first kappa shape index (κ1) is 15.2. The molecule has 2 rings (SSSR count). The van der Waals surface area contributed by atoms with Gasteiger partial charge in [0.2, 0.25) is 0 Å². The molecule has 112 valence electrons. The second kappa shape index (κ2) is 6.49. The second-order valence-electron chi connectivity index (χ2n) is 4.40. The summed E-state index contributed by atoms with van der Waals surface area (Å²) in [6, 6.07) is 7.61. The summed E-state index contributed by atoms with van der Waals surface area (Å²) in [6.07, 6.45) is -3.18. The van der Waals surface area contributed by atoms with Gasteiger partial charge in [-0.1, -0.05) is 0 Å². The van der Waals surface area contributed by atoms with Crippen LogP contribution in [-0.2, 0) is 4.79 Å². The van der Waals surface area contributed by atoms with Gasteiger partial charge < -0.3 is 24.5 Å². The zero-order chi connectivity index (χ0) is 15.4. The molecule has 0 aliphatic carbocycles. The molecule has 0 unspecified atom stereocenters. The van der Waals surface area contributed by atoms with Crippen molar-refractivity contribution in [2.45, 2.75) is 12.2 Å². The summed E-state index contributed by atoms with van der Waals surface area (Å²) in [5.74, 6) is -0.588. The number of rotatable bonds is 6. The second-order valence-corrected chi connectivity index (χ2v) is 4.40. The van der Waals surface area contributed by atoms with Crippen LogP contribution in [0.3, 0.4) is 0 Å². The van der Waals surface area contributed by atoms with Gasteiger partial charge in [0.15, 0.2) is 5.78 Å². The SMILES string of the molecule is O=C(CO)[C@@H](O)[C@H](O)COc1ccc2ccc(=O)oc2c1. The number of aliphatic hydroxyl groups excluding tert-OH is 3. The first-order valence-electron chi connectivity index (χ1n) is 6.17. The number of ketones is 1. The largest absolute Gasteiger partial charge is 0.491 e. The van der Waals surface area contributed by atoms with Crippen molar-refractivity contribution < 1.29 is 29.3 Å². The molecule has 2 atom stereocenters. The number of carbonyl (C=O) groups is 1. The molecule has 7 nitrogen and oxygen atoms in total. The maximum absolute atomic E-state index is 11.1. The summed E-state index contributed by atoms with van der Waals surface area (Å²) in [5, 5.41) is 28.2. The fraction of sp³-hybridized carbons (Fsp3) is 0.286.